The number of nitrogens with zero attached hydrogens (tertiary/aromatic N) is 2. The summed E-state index contributed by atoms with van der Waals surface area (Å²) in [4.78, 5) is 27.0. The Balaban J connectivity index is 2.09. The van der Waals surface area contributed by atoms with E-state index in [-0.39, 0.29) is 22.6 Å². The third kappa shape index (κ3) is 2.95. The summed E-state index contributed by atoms with van der Waals surface area (Å²) in [5.74, 6) is -1.63. The molecule has 0 spiro atoms. The number of aromatic amines is 1. The number of hydrogen-bond acceptors (Lipinski definition) is 4. The first-order valence-corrected chi connectivity index (χ1v) is 8.45. The summed E-state index contributed by atoms with van der Waals surface area (Å²) in [6.45, 7) is 0. The highest BCUT2D eigenvalue weighted by Crippen LogP contribution is 2.33. The maximum absolute atomic E-state index is 12.2. The number of benzene rings is 2. The van der Waals surface area contributed by atoms with Gasteiger partial charge in [0, 0.05) is 17.8 Å². The highest BCUT2D eigenvalue weighted by Gasteiger charge is 2.27. The Labute approximate surface area is 159 Å². The van der Waals surface area contributed by atoms with Gasteiger partial charge in [-0.15, -0.1) is 0 Å². The van der Waals surface area contributed by atoms with Gasteiger partial charge < -0.3 is 15.2 Å². The Kier molecular flexibility index (Phi) is 4.25. The third-order valence-corrected chi connectivity index (χ3v) is 4.29. The monoisotopic (exact) mass is 373 g/mol. The molecule has 28 heavy (non-hydrogen) atoms. The average Bonchev–Trinajstić information content (AvgIpc) is 3.12. The number of aromatic hydroxyl groups is 1. The summed E-state index contributed by atoms with van der Waals surface area (Å²) in [5.41, 5.74) is 1.34. The highest BCUT2D eigenvalue weighted by atomic mass is 16.4. The molecule has 3 N–H and O–H groups in total. The number of aromatic nitrogens is 3. The lowest BCUT2D eigenvalue weighted by atomic mass is 10.0. The molecule has 7 nitrogen and oxygen atoms in total. The number of carboxylic acid groups (broad SMARTS) is 1. The van der Waals surface area contributed by atoms with Crippen LogP contribution in [0.3, 0.4) is 0 Å². The molecule has 0 saturated heterocycles. The van der Waals surface area contributed by atoms with Crippen molar-refractivity contribution in [2.24, 2.45) is 0 Å². The number of rotatable bonds is 4. The number of H-pyrrole nitrogens is 1. The summed E-state index contributed by atoms with van der Waals surface area (Å²) in [5, 5.41) is 24.1. The molecule has 0 aliphatic rings. The summed E-state index contributed by atoms with van der Waals surface area (Å²) >= 11 is 0. The second-order valence-electron chi connectivity index (χ2n) is 6.09. The predicted octanol–water partition coefficient (Wildman–Crippen LogP) is 3.30. The number of aromatic carboxylic acids is 1. The minimum Gasteiger partial charge on any atom is -0.503 e. The van der Waals surface area contributed by atoms with Crippen molar-refractivity contribution in [2.45, 2.75) is 0 Å². The highest BCUT2D eigenvalue weighted by molar-refractivity contribution is 6.01. The second kappa shape index (κ2) is 6.88. The van der Waals surface area contributed by atoms with E-state index >= 15 is 0 Å². The van der Waals surface area contributed by atoms with Crippen molar-refractivity contribution in [2.75, 3.05) is 0 Å². The normalized spacial score (nSPS) is 10.7. The maximum atomic E-state index is 12.2. The number of nitrogens with one attached hydrogen (secondary N) is 1. The SMILES string of the molecule is O=C(O)c1c(-c2ccccc2)nn(-c2ccccc2)c1-c1cc(=O)c(O)c[nH]1. The van der Waals surface area contributed by atoms with Gasteiger partial charge in [-0.3, -0.25) is 4.79 Å². The van der Waals surface area contributed by atoms with Crippen molar-refractivity contribution in [1.29, 1.82) is 0 Å². The number of carboxylic acids is 1. The Morgan fingerprint density at radius 2 is 1.64 bits per heavy atom. The number of pyridine rings is 1. The zero-order valence-electron chi connectivity index (χ0n) is 14.5. The van der Waals surface area contributed by atoms with Crippen molar-refractivity contribution in [3.8, 4) is 34.1 Å². The average molecular weight is 373 g/mol. The Hall–Kier alpha value is -4.13. The molecule has 2 aromatic carbocycles. The molecule has 4 aromatic rings. The second-order valence-corrected chi connectivity index (χ2v) is 6.09. The van der Waals surface area contributed by atoms with Gasteiger partial charge in [-0.1, -0.05) is 48.5 Å². The molecule has 0 aliphatic heterocycles. The van der Waals surface area contributed by atoms with Gasteiger partial charge in [0.25, 0.3) is 0 Å². The van der Waals surface area contributed by atoms with E-state index in [0.717, 1.165) is 12.3 Å². The van der Waals surface area contributed by atoms with Crippen LogP contribution in [0.25, 0.3) is 28.3 Å². The smallest absolute Gasteiger partial charge is 0.340 e. The molecule has 4 rings (SSSR count). The van der Waals surface area contributed by atoms with E-state index in [9.17, 15) is 19.8 Å². The lowest BCUT2D eigenvalue weighted by molar-refractivity contribution is 0.0698. The first kappa shape index (κ1) is 17.3. The van der Waals surface area contributed by atoms with Gasteiger partial charge in [0.15, 0.2) is 5.75 Å². The van der Waals surface area contributed by atoms with E-state index in [4.69, 9.17) is 0 Å². The topological polar surface area (TPSA) is 108 Å². The summed E-state index contributed by atoms with van der Waals surface area (Å²) in [6.07, 6.45) is 1.13. The molecule has 138 valence electrons. The zero-order valence-corrected chi connectivity index (χ0v) is 14.5. The van der Waals surface area contributed by atoms with E-state index in [1.807, 2.05) is 24.3 Å². The first-order chi connectivity index (χ1) is 13.6. The molecule has 7 heteroatoms. The van der Waals surface area contributed by atoms with Gasteiger partial charge in [0.1, 0.15) is 17.0 Å². The first-order valence-electron chi connectivity index (χ1n) is 8.45. The van der Waals surface area contributed by atoms with Crippen LogP contribution in [0.1, 0.15) is 10.4 Å². The largest absolute Gasteiger partial charge is 0.503 e. The molecule has 2 heterocycles. The summed E-state index contributed by atoms with van der Waals surface area (Å²) < 4.78 is 1.48. The van der Waals surface area contributed by atoms with Gasteiger partial charge in [-0.25, -0.2) is 9.48 Å². The molecular weight excluding hydrogens is 358 g/mol. The fourth-order valence-electron chi connectivity index (χ4n) is 3.02. The van der Waals surface area contributed by atoms with Crippen LogP contribution in [0.15, 0.2) is 77.7 Å². The fourth-order valence-corrected chi connectivity index (χ4v) is 3.02. The van der Waals surface area contributed by atoms with Crippen molar-refractivity contribution in [1.82, 2.24) is 14.8 Å². The maximum Gasteiger partial charge on any atom is 0.340 e. The zero-order chi connectivity index (χ0) is 19.7. The fraction of sp³-hybridized carbons (Fsp3) is 0. The van der Waals surface area contributed by atoms with E-state index in [1.54, 1.807) is 36.4 Å². The molecule has 0 radical (unpaired) electrons. The lowest BCUT2D eigenvalue weighted by Crippen LogP contribution is -2.07. The van der Waals surface area contributed by atoms with Crippen LogP contribution in [-0.2, 0) is 0 Å². The van der Waals surface area contributed by atoms with Crippen LogP contribution in [0, 0.1) is 0 Å². The summed E-state index contributed by atoms with van der Waals surface area (Å²) in [6, 6.07) is 19.2. The van der Waals surface area contributed by atoms with Gasteiger partial charge in [0.2, 0.25) is 5.43 Å². The van der Waals surface area contributed by atoms with E-state index in [2.05, 4.69) is 10.1 Å². The molecule has 0 aliphatic carbocycles. The molecule has 2 aromatic heterocycles. The van der Waals surface area contributed by atoms with E-state index < -0.39 is 17.1 Å². The number of hydrogen-bond donors (Lipinski definition) is 3. The van der Waals surface area contributed by atoms with Crippen molar-refractivity contribution < 1.29 is 15.0 Å². The van der Waals surface area contributed by atoms with Crippen LogP contribution in [0.2, 0.25) is 0 Å². The van der Waals surface area contributed by atoms with Crippen LogP contribution in [0.5, 0.6) is 5.75 Å². The van der Waals surface area contributed by atoms with Crippen LogP contribution in [-0.4, -0.2) is 30.9 Å². The Morgan fingerprint density at radius 3 is 2.25 bits per heavy atom. The van der Waals surface area contributed by atoms with Gasteiger partial charge in [0.05, 0.1) is 11.4 Å². The molecule has 0 bridgehead atoms. The van der Waals surface area contributed by atoms with Crippen LogP contribution >= 0.6 is 0 Å². The molecule has 0 unspecified atom stereocenters. The molecule has 0 saturated carbocycles. The lowest BCUT2D eigenvalue weighted by Gasteiger charge is -2.08. The van der Waals surface area contributed by atoms with Gasteiger partial charge in [-0.05, 0) is 12.1 Å². The van der Waals surface area contributed by atoms with Crippen LogP contribution < -0.4 is 5.43 Å². The number of para-hydroxylation sites is 1. The molecular formula is C21H15N3O4. The molecule has 0 fully saturated rings. The number of carbonyl (C=O) groups is 1. The van der Waals surface area contributed by atoms with E-state index in [0.29, 0.717) is 11.3 Å². The molecule has 0 amide bonds. The standard InChI is InChI=1S/C21H15N3O4/c25-16-11-15(22-12-17(16)26)20-18(21(27)28)19(13-7-3-1-4-8-13)23-24(20)14-9-5-2-6-10-14/h1-12,26H,(H,22,25)(H,27,28). The van der Waals surface area contributed by atoms with Gasteiger partial charge >= 0.3 is 5.97 Å². The van der Waals surface area contributed by atoms with Crippen LogP contribution in [0.4, 0.5) is 0 Å². The minimum absolute atomic E-state index is 0.0450. The van der Waals surface area contributed by atoms with E-state index in [1.165, 1.54) is 4.68 Å². The Bertz CT molecular complexity index is 1210. The summed E-state index contributed by atoms with van der Waals surface area (Å²) in [7, 11) is 0. The quantitative estimate of drug-likeness (QED) is 0.509. The minimum atomic E-state index is -1.18. The third-order valence-electron chi connectivity index (χ3n) is 4.29. The molecule has 0 atom stereocenters. The predicted molar refractivity (Wildman–Crippen MR) is 104 cm³/mol. The van der Waals surface area contributed by atoms with Crippen molar-refractivity contribution >= 4 is 5.97 Å². The van der Waals surface area contributed by atoms with Gasteiger partial charge in [-0.2, -0.15) is 5.10 Å². The van der Waals surface area contributed by atoms with Crippen molar-refractivity contribution in [3.63, 3.8) is 0 Å². The van der Waals surface area contributed by atoms with Crippen molar-refractivity contribution in [3.05, 3.63) is 88.7 Å². The Morgan fingerprint density at radius 1 is 1.00 bits per heavy atom.